The van der Waals surface area contributed by atoms with Crippen molar-refractivity contribution in [3.63, 3.8) is 0 Å². The van der Waals surface area contributed by atoms with E-state index < -0.39 is 0 Å². The molecule has 4 aromatic rings. The highest BCUT2D eigenvalue weighted by Crippen LogP contribution is 2.31. The number of thiazole rings is 1. The minimum absolute atomic E-state index is 0.491. The van der Waals surface area contributed by atoms with Gasteiger partial charge in [-0.3, -0.25) is 5.32 Å². The Morgan fingerprint density at radius 2 is 1.58 bits per heavy atom. The van der Waals surface area contributed by atoms with Crippen LogP contribution in [0.4, 0.5) is 28.7 Å². The third-order valence-corrected chi connectivity index (χ3v) is 6.59. The number of para-hydroxylation sites is 1. The molecule has 1 saturated heterocycles. The van der Waals surface area contributed by atoms with Crippen molar-refractivity contribution in [2.45, 2.75) is 0 Å². The topological polar surface area (TPSA) is 73.3 Å². The maximum Gasteiger partial charge on any atom is 0.236 e. The van der Waals surface area contributed by atoms with Gasteiger partial charge >= 0.3 is 0 Å². The van der Waals surface area contributed by atoms with Gasteiger partial charge in [0.25, 0.3) is 0 Å². The summed E-state index contributed by atoms with van der Waals surface area (Å²) in [4.78, 5) is 26.4. The van der Waals surface area contributed by atoms with E-state index in [0.717, 1.165) is 47.4 Å². The zero-order valence-electron chi connectivity index (χ0n) is 18.7. The lowest BCUT2D eigenvalue weighted by molar-refractivity contribution is 0.311. The van der Waals surface area contributed by atoms with Crippen LogP contribution < -0.4 is 15.1 Å². The summed E-state index contributed by atoms with van der Waals surface area (Å²) in [5.74, 6) is 1.76. The van der Waals surface area contributed by atoms with Crippen LogP contribution in [0, 0.1) is 0 Å². The largest absolute Gasteiger partial charge is 0.338 e. The monoisotopic (exact) mass is 458 g/mol. The Bertz CT molecular complexity index is 1190. The number of nitrogens with zero attached hydrogens (tertiary/aromatic N) is 7. The molecule has 1 fully saturated rings. The van der Waals surface area contributed by atoms with Gasteiger partial charge in [-0.25, -0.2) is 4.98 Å². The van der Waals surface area contributed by atoms with Gasteiger partial charge < -0.3 is 14.7 Å². The molecule has 5 rings (SSSR count). The van der Waals surface area contributed by atoms with E-state index in [4.69, 9.17) is 15.0 Å². The number of aromatic nitrogens is 4. The van der Waals surface area contributed by atoms with Crippen molar-refractivity contribution in [3.05, 3.63) is 66.9 Å². The molecule has 0 spiro atoms. The van der Waals surface area contributed by atoms with Gasteiger partial charge in [-0.2, -0.15) is 15.0 Å². The second-order valence-electron chi connectivity index (χ2n) is 7.96. The Morgan fingerprint density at radius 3 is 2.30 bits per heavy atom. The van der Waals surface area contributed by atoms with Gasteiger partial charge in [0.1, 0.15) is 0 Å². The number of rotatable bonds is 6. The molecular weight excluding hydrogens is 432 g/mol. The minimum atomic E-state index is 0.491. The van der Waals surface area contributed by atoms with Crippen LogP contribution in [0.3, 0.4) is 0 Å². The molecule has 1 aliphatic rings. The lowest BCUT2D eigenvalue weighted by atomic mass is 10.2. The first-order valence-electron chi connectivity index (χ1n) is 10.9. The van der Waals surface area contributed by atoms with Crippen molar-refractivity contribution in [2.75, 3.05) is 55.4 Å². The number of hydrogen-bond donors (Lipinski definition) is 1. The van der Waals surface area contributed by atoms with Crippen LogP contribution in [0.2, 0.25) is 0 Å². The zero-order valence-corrected chi connectivity index (χ0v) is 19.5. The van der Waals surface area contributed by atoms with Gasteiger partial charge in [0.2, 0.25) is 17.8 Å². The minimum Gasteiger partial charge on any atom is -0.338 e. The predicted octanol–water partition coefficient (Wildman–Crippen LogP) is 4.26. The SMILES string of the molecule is CN1CCN(c2nc(Nc3ncc(-c4ccccc4)s3)nc(N(C)c3ccccc3)n2)CC1. The molecule has 3 heterocycles. The summed E-state index contributed by atoms with van der Waals surface area (Å²) in [6.07, 6.45) is 1.88. The van der Waals surface area contributed by atoms with Crippen molar-refractivity contribution in [3.8, 4) is 10.4 Å². The molecule has 0 atom stereocenters. The van der Waals surface area contributed by atoms with E-state index in [2.05, 4.69) is 39.3 Å². The number of hydrogen-bond acceptors (Lipinski definition) is 9. The Labute approximate surface area is 197 Å². The number of piperazine rings is 1. The molecule has 0 aliphatic carbocycles. The Kier molecular flexibility index (Phi) is 6.14. The van der Waals surface area contributed by atoms with Crippen LogP contribution in [-0.2, 0) is 0 Å². The van der Waals surface area contributed by atoms with Gasteiger partial charge in [0.15, 0.2) is 5.13 Å². The van der Waals surface area contributed by atoms with Gasteiger partial charge in [-0.1, -0.05) is 59.9 Å². The van der Waals surface area contributed by atoms with Crippen LogP contribution in [-0.4, -0.2) is 65.1 Å². The normalized spacial score (nSPS) is 14.3. The third-order valence-electron chi connectivity index (χ3n) is 5.62. The first-order valence-corrected chi connectivity index (χ1v) is 11.7. The summed E-state index contributed by atoms with van der Waals surface area (Å²) < 4.78 is 0. The molecule has 2 aromatic heterocycles. The summed E-state index contributed by atoms with van der Waals surface area (Å²) >= 11 is 1.58. The molecule has 33 heavy (non-hydrogen) atoms. The van der Waals surface area contributed by atoms with Crippen molar-refractivity contribution < 1.29 is 0 Å². The molecule has 2 aromatic carbocycles. The van der Waals surface area contributed by atoms with Crippen molar-refractivity contribution in [1.29, 1.82) is 0 Å². The summed E-state index contributed by atoms with van der Waals surface area (Å²) in [7, 11) is 4.11. The van der Waals surface area contributed by atoms with Gasteiger partial charge in [0, 0.05) is 45.1 Å². The first-order chi connectivity index (χ1) is 16.2. The predicted molar refractivity (Wildman–Crippen MR) is 135 cm³/mol. The fourth-order valence-corrected chi connectivity index (χ4v) is 4.45. The Balaban J connectivity index is 1.46. The van der Waals surface area contributed by atoms with Crippen molar-refractivity contribution in [2.24, 2.45) is 0 Å². The zero-order chi connectivity index (χ0) is 22.6. The van der Waals surface area contributed by atoms with Crippen LogP contribution in [0.15, 0.2) is 66.9 Å². The van der Waals surface area contributed by atoms with Gasteiger partial charge in [-0.15, -0.1) is 0 Å². The van der Waals surface area contributed by atoms with Crippen LogP contribution >= 0.6 is 11.3 Å². The number of likely N-dealkylation sites (N-methyl/N-ethyl adjacent to an activating group) is 1. The molecular formula is C24H26N8S. The second-order valence-corrected chi connectivity index (χ2v) is 9.00. The Hall–Kier alpha value is -3.56. The summed E-state index contributed by atoms with van der Waals surface area (Å²) in [5, 5.41) is 4.06. The van der Waals surface area contributed by atoms with E-state index in [9.17, 15) is 0 Å². The standard InChI is InChI=1S/C24H26N8S/c1-30-13-15-32(16-14-30)23-27-21(26-22(29-23)31(2)19-11-7-4-8-12-19)28-24-25-17-20(33-24)18-9-5-3-6-10-18/h3-12,17H,13-16H2,1-2H3,(H,25,26,27,28,29). The van der Waals surface area contributed by atoms with E-state index in [-0.39, 0.29) is 0 Å². The van der Waals surface area contributed by atoms with Crippen LogP contribution in [0.5, 0.6) is 0 Å². The molecule has 0 amide bonds. The molecule has 0 saturated carbocycles. The quantitative estimate of drug-likeness (QED) is 0.460. The second kappa shape index (κ2) is 9.51. The molecule has 9 heteroatoms. The van der Waals surface area contributed by atoms with Gasteiger partial charge in [-0.05, 0) is 24.7 Å². The number of benzene rings is 2. The van der Waals surface area contributed by atoms with E-state index >= 15 is 0 Å². The van der Waals surface area contributed by atoms with Crippen molar-refractivity contribution >= 4 is 40.0 Å². The maximum atomic E-state index is 4.81. The van der Waals surface area contributed by atoms with E-state index in [1.54, 1.807) is 11.3 Å². The number of nitrogens with one attached hydrogen (secondary N) is 1. The smallest absolute Gasteiger partial charge is 0.236 e. The highest BCUT2D eigenvalue weighted by Gasteiger charge is 2.20. The average molecular weight is 459 g/mol. The maximum absolute atomic E-state index is 4.81. The molecule has 1 aliphatic heterocycles. The molecule has 0 radical (unpaired) electrons. The fraction of sp³-hybridized carbons (Fsp3) is 0.250. The lowest BCUT2D eigenvalue weighted by Gasteiger charge is -2.32. The van der Waals surface area contributed by atoms with Crippen LogP contribution in [0.1, 0.15) is 0 Å². The number of anilines is 5. The highest BCUT2D eigenvalue weighted by molar-refractivity contribution is 7.18. The average Bonchev–Trinajstić information content (AvgIpc) is 3.33. The lowest BCUT2D eigenvalue weighted by Crippen LogP contribution is -2.45. The third kappa shape index (κ3) is 4.94. The summed E-state index contributed by atoms with van der Waals surface area (Å²) in [6.45, 7) is 3.71. The fourth-order valence-electron chi connectivity index (χ4n) is 3.64. The van der Waals surface area contributed by atoms with Crippen LogP contribution in [0.25, 0.3) is 10.4 Å². The van der Waals surface area contributed by atoms with E-state index in [1.807, 2.05) is 66.7 Å². The van der Waals surface area contributed by atoms with E-state index in [0.29, 0.717) is 17.8 Å². The molecule has 0 unspecified atom stereocenters. The van der Waals surface area contributed by atoms with E-state index in [1.165, 1.54) is 0 Å². The van der Waals surface area contributed by atoms with Crippen molar-refractivity contribution in [1.82, 2.24) is 24.8 Å². The molecule has 168 valence electrons. The highest BCUT2D eigenvalue weighted by atomic mass is 32.1. The van der Waals surface area contributed by atoms with Gasteiger partial charge in [0.05, 0.1) is 4.88 Å². The summed E-state index contributed by atoms with van der Waals surface area (Å²) in [6, 6.07) is 20.3. The first kappa shape index (κ1) is 21.3. The molecule has 1 N–H and O–H groups in total. The molecule has 0 bridgehead atoms. The Morgan fingerprint density at radius 1 is 0.879 bits per heavy atom. The molecule has 8 nitrogen and oxygen atoms in total. The summed E-state index contributed by atoms with van der Waals surface area (Å²) in [5.41, 5.74) is 2.15.